The van der Waals surface area contributed by atoms with Crippen LogP contribution in [0.2, 0.25) is 0 Å². The van der Waals surface area contributed by atoms with Gasteiger partial charge in [0.05, 0.1) is 29.9 Å². The van der Waals surface area contributed by atoms with Crippen LogP contribution in [0.5, 0.6) is 5.75 Å². The normalized spacial score (nSPS) is 11.8. The minimum atomic E-state index is -4.62. The molecule has 0 spiro atoms. The molecule has 0 unspecified atom stereocenters. The van der Waals surface area contributed by atoms with Crippen LogP contribution in [-0.4, -0.2) is 34.6 Å². The van der Waals surface area contributed by atoms with Gasteiger partial charge in [0.1, 0.15) is 6.54 Å². The van der Waals surface area contributed by atoms with Gasteiger partial charge >= 0.3 is 12.1 Å². The van der Waals surface area contributed by atoms with Crippen molar-refractivity contribution in [3.8, 4) is 5.75 Å². The number of esters is 1. The zero-order valence-corrected chi connectivity index (χ0v) is 16.2. The Morgan fingerprint density at radius 3 is 2.21 bits per heavy atom. The van der Waals surface area contributed by atoms with Crippen molar-refractivity contribution in [2.45, 2.75) is 18.0 Å². The van der Waals surface area contributed by atoms with E-state index in [0.29, 0.717) is 22.5 Å². The highest BCUT2D eigenvalue weighted by Gasteiger charge is 2.32. The molecule has 0 fully saturated rings. The molecule has 0 N–H and O–H groups in total. The molecule has 0 saturated carbocycles. The van der Waals surface area contributed by atoms with Gasteiger partial charge in [0.15, 0.2) is 11.6 Å². The van der Waals surface area contributed by atoms with Crippen molar-refractivity contribution in [2.75, 3.05) is 24.6 Å². The molecule has 0 radical (unpaired) electrons. The Labute approximate surface area is 164 Å². The highest BCUT2D eigenvalue weighted by Crippen LogP contribution is 2.32. The van der Waals surface area contributed by atoms with Gasteiger partial charge < -0.3 is 9.47 Å². The minimum absolute atomic E-state index is 0.0309. The lowest BCUT2D eigenvalue weighted by Gasteiger charge is -2.24. The molecule has 0 amide bonds. The maximum absolute atomic E-state index is 14.0. The molecule has 0 bridgehead atoms. The molecular weight excluding hydrogens is 418 g/mol. The molecule has 0 aliphatic carbocycles. The summed E-state index contributed by atoms with van der Waals surface area (Å²) in [6.45, 7) is 0.666. The number of halogens is 4. The number of sulfonamides is 1. The van der Waals surface area contributed by atoms with Gasteiger partial charge in [-0.25, -0.2) is 12.8 Å². The molecule has 6 nitrogen and oxygen atoms in total. The van der Waals surface area contributed by atoms with Crippen molar-refractivity contribution < 1.29 is 40.2 Å². The van der Waals surface area contributed by atoms with Crippen LogP contribution in [0, 0.1) is 5.82 Å². The van der Waals surface area contributed by atoms with Crippen LogP contribution in [0.15, 0.2) is 47.4 Å². The van der Waals surface area contributed by atoms with E-state index in [2.05, 4.69) is 0 Å². The maximum Gasteiger partial charge on any atom is 0.416 e. The van der Waals surface area contributed by atoms with Crippen LogP contribution in [0.3, 0.4) is 0 Å². The summed E-state index contributed by atoms with van der Waals surface area (Å²) in [6.07, 6.45) is -4.62. The lowest BCUT2D eigenvalue weighted by atomic mass is 10.2. The SMILES string of the molecule is CCOC(=O)CN(c1ccc(C(F)(F)F)cc1)S(=O)(=O)c1ccc(OC)c(F)c1. The van der Waals surface area contributed by atoms with E-state index >= 15 is 0 Å². The largest absolute Gasteiger partial charge is 0.494 e. The summed E-state index contributed by atoms with van der Waals surface area (Å²) in [7, 11) is -3.31. The Balaban J connectivity index is 2.52. The van der Waals surface area contributed by atoms with Crippen molar-refractivity contribution >= 4 is 21.7 Å². The Bertz CT molecular complexity index is 975. The summed E-state index contributed by atoms with van der Waals surface area (Å²) in [5.74, 6) is -2.09. The molecule has 0 saturated heterocycles. The number of benzene rings is 2. The quantitative estimate of drug-likeness (QED) is 0.491. The van der Waals surface area contributed by atoms with Crippen molar-refractivity contribution in [3.63, 3.8) is 0 Å². The first kappa shape index (κ1) is 22.5. The first-order valence-corrected chi connectivity index (χ1v) is 9.64. The molecular formula is C18H17F4NO5S. The number of ether oxygens (including phenoxy) is 2. The van der Waals surface area contributed by atoms with E-state index in [9.17, 15) is 30.8 Å². The highest BCUT2D eigenvalue weighted by atomic mass is 32.2. The van der Waals surface area contributed by atoms with E-state index < -0.39 is 45.0 Å². The summed E-state index contributed by atoms with van der Waals surface area (Å²) < 4.78 is 88.4. The van der Waals surface area contributed by atoms with Gasteiger partial charge in [-0.05, 0) is 49.4 Å². The van der Waals surface area contributed by atoms with Crippen LogP contribution in [-0.2, 0) is 25.7 Å². The molecule has 29 heavy (non-hydrogen) atoms. The fraction of sp³-hybridized carbons (Fsp3) is 0.278. The molecule has 0 aliphatic rings. The second kappa shape index (κ2) is 8.68. The van der Waals surface area contributed by atoms with Crippen molar-refractivity contribution in [3.05, 3.63) is 53.8 Å². The lowest BCUT2D eigenvalue weighted by Crippen LogP contribution is -2.36. The number of hydrogen-bond donors (Lipinski definition) is 0. The van der Waals surface area contributed by atoms with Gasteiger partial charge in [0, 0.05) is 0 Å². The molecule has 2 aromatic carbocycles. The Morgan fingerprint density at radius 2 is 1.72 bits per heavy atom. The second-order valence-electron chi connectivity index (χ2n) is 5.66. The maximum atomic E-state index is 14.0. The van der Waals surface area contributed by atoms with E-state index in [1.54, 1.807) is 0 Å². The summed E-state index contributed by atoms with van der Waals surface area (Å²) in [5, 5.41) is 0. The van der Waals surface area contributed by atoms with Crippen molar-refractivity contribution in [2.24, 2.45) is 0 Å². The summed E-state index contributed by atoms with van der Waals surface area (Å²) in [6, 6.07) is 5.99. The summed E-state index contributed by atoms with van der Waals surface area (Å²) in [4.78, 5) is 11.4. The van der Waals surface area contributed by atoms with Gasteiger partial charge in [-0.1, -0.05) is 0 Å². The van der Waals surface area contributed by atoms with Crippen LogP contribution in [0.1, 0.15) is 12.5 Å². The summed E-state index contributed by atoms with van der Waals surface area (Å²) in [5.41, 5.74) is -1.22. The van der Waals surface area contributed by atoms with E-state index in [1.807, 2.05) is 0 Å². The van der Waals surface area contributed by atoms with E-state index in [1.165, 1.54) is 14.0 Å². The molecule has 0 atom stereocenters. The molecule has 11 heteroatoms. The zero-order chi connectivity index (χ0) is 21.8. The molecule has 158 valence electrons. The minimum Gasteiger partial charge on any atom is -0.494 e. The van der Waals surface area contributed by atoms with Gasteiger partial charge in [-0.3, -0.25) is 9.10 Å². The number of carbonyl (C=O) groups excluding carboxylic acids is 1. The van der Waals surface area contributed by atoms with E-state index in [0.717, 1.165) is 24.3 Å². The standard InChI is InChI=1S/C18H17F4NO5S/c1-3-28-17(24)11-23(13-6-4-12(5-7-13)18(20,21)22)29(25,26)14-8-9-16(27-2)15(19)10-14/h4-10H,3,11H2,1-2H3. The predicted molar refractivity (Wildman–Crippen MR) is 95.6 cm³/mol. The van der Waals surface area contributed by atoms with Crippen LogP contribution >= 0.6 is 0 Å². The smallest absolute Gasteiger partial charge is 0.416 e. The topological polar surface area (TPSA) is 72.9 Å². The summed E-state index contributed by atoms with van der Waals surface area (Å²) >= 11 is 0. The number of carbonyl (C=O) groups is 1. The fourth-order valence-electron chi connectivity index (χ4n) is 2.39. The molecule has 0 aliphatic heterocycles. The van der Waals surface area contributed by atoms with Crippen LogP contribution in [0.4, 0.5) is 23.2 Å². The first-order chi connectivity index (χ1) is 13.5. The van der Waals surface area contributed by atoms with E-state index in [-0.39, 0.29) is 18.0 Å². The molecule has 2 aromatic rings. The first-order valence-electron chi connectivity index (χ1n) is 8.20. The zero-order valence-electron chi connectivity index (χ0n) is 15.4. The molecule has 0 heterocycles. The average molecular weight is 435 g/mol. The Morgan fingerprint density at radius 1 is 1.10 bits per heavy atom. The third kappa shape index (κ3) is 5.17. The third-order valence-electron chi connectivity index (χ3n) is 3.77. The highest BCUT2D eigenvalue weighted by molar-refractivity contribution is 7.92. The van der Waals surface area contributed by atoms with Crippen molar-refractivity contribution in [1.29, 1.82) is 0 Å². The van der Waals surface area contributed by atoms with Gasteiger partial charge in [0.25, 0.3) is 10.0 Å². The number of anilines is 1. The average Bonchev–Trinajstić information content (AvgIpc) is 2.65. The Kier molecular flexibility index (Phi) is 6.73. The van der Waals surface area contributed by atoms with Crippen LogP contribution < -0.4 is 9.04 Å². The van der Waals surface area contributed by atoms with E-state index in [4.69, 9.17) is 9.47 Å². The number of rotatable bonds is 7. The number of hydrogen-bond acceptors (Lipinski definition) is 5. The number of nitrogens with zero attached hydrogens (tertiary/aromatic N) is 1. The monoisotopic (exact) mass is 435 g/mol. The predicted octanol–water partition coefficient (Wildman–Crippen LogP) is 3.61. The van der Waals surface area contributed by atoms with Gasteiger partial charge in [0.2, 0.25) is 0 Å². The van der Waals surface area contributed by atoms with Crippen molar-refractivity contribution in [1.82, 2.24) is 0 Å². The third-order valence-corrected chi connectivity index (χ3v) is 5.54. The van der Waals surface area contributed by atoms with Gasteiger partial charge in [-0.15, -0.1) is 0 Å². The lowest BCUT2D eigenvalue weighted by molar-refractivity contribution is -0.141. The fourth-order valence-corrected chi connectivity index (χ4v) is 3.81. The van der Waals surface area contributed by atoms with Crippen LogP contribution in [0.25, 0.3) is 0 Å². The number of alkyl halides is 3. The Hall–Kier alpha value is -2.82. The number of methoxy groups -OCH3 is 1. The second-order valence-corrected chi connectivity index (χ2v) is 7.52. The molecule has 2 rings (SSSR count). The molecule has 0 aromatic heterocycles. The van der Waals surface area contributed by atoms with Gasteiger partial charge in [-0.2, -0.15) is 13.2 Å².